The standard InChI is InChI=1S/2C16H17N3O.C6H12O.C5H8O2.ClH/c2*17-9-10-20-16-8-4-7-15-14(16)11-18-19(15)12-13-5-2-1-3-6-13;1-6-2-4-7-5-3-6;6-5-1-3-7-4-2-5;/h2*1-8,11H,9-10,12,17H2;6H,2-5H2,1H3;1-4H2;1H. The second-order valence-corrected chi connectivity index (χ2v) is 13.2. The second kappa shape index (κ2) is 23.9. The second-order valence-electron chi connectivity index (χ2n) is 13.2. The minimum Gasteiger partial charge on any atom is -0.492 e. The molecule has 2 saturated heterocycles. The number of hydrogen-bond acceptors (Lipinski definition) is 9. The molecule has 0 unspecified atom stereocenters. The van der Waals surface area contributed by atoms with Gasteiger partial charge in [-0.3, -0.25) is 14.2 Å². The minimum atomic E-state index is 0. The number of ketones is 1. The number of rotatable bonds is 10. The van der Waals surface area contributed by atoms with Gasteiger partial charge in [0.2, 0.25) is 0 Å². The Bertz CT molecular complexity index is 1830. The monoisotopic (exact) mass is 770 g/mol. The number of fused-ring (bicyclic) bond motifs is 2. The van der Waals surface area contributed by atoms with Crippen LogP contribution in [0.3, 0.4) is 0 Å². The molecule has 0 aliphatic carbocycles. The molecule has 4 aromatic carbocycles. The van der Waals surface area contributed by atoms with Gasteiger partial charge in [-0.15, -0.1) is 12.4 Å². The molecule has 0 saturated carbocycles. The summed E-state index contributed by atoms with van der Waals surface area (Å²) in [6.45, 7) is 9.09. The molecule has 2 aliphatic rings. The van der Waals surface area contributed by atoms with Crippen LogP contribution in [0.1, 0.15) is 43.7 Å². The van der Waals surface area contributed by atoms with Crippen LogP contribution in [-0.2, 0) is 27.4 Å². The third-order valence-corrected chi connectivity index (χ3v) is 8.96. The van der Waals surface area contributed by atoms with Gasteiger partial charge in [-0.05, 0) is 54.2 Å². The van der Waals surface area contributed by atoms with Gasteiger partial charge in [-0.2, -0.15) is 10.2 Å². The Balaban J connectivity index is 0.000000180. The third kappa shape index (κ3) is 13.8. The lowest BCUT2D eigenvalue weighted by Crippen LogP contribution is -2.14. The number of carbonyl (C=O) groups excluding carboxylic acids is 1. The van der Waals surface area contributed by atoms with E-state index >= 15 is 0 Å². The van der Waals surface area contributed by atoms with Crippen molar-refractivity contribution in [2.24, 2.45) is 17.4 Å². The summed E-state index contributed by atoms with van der Waals surface area (Å²) in [5.41, 5.74) is 15.6. The number of carbonyl (C=O) groups is 1. The van der Waals surface area contributed by atoms with Crippen LogP contribution < -0.4 is 20.9 Å². The first-order chi connectivity index (χ1) is 26.6. The molecule has 0 bridgehead atoms. The number of ether oxygens (including phenoxy) is 4. The van der Waals surface area contributed by atoms with E-state index in [-0.39, 0.29) is 12.4 Å². The average molecular weight is 771 g/mol. The Morgan fingerprint density at radius 1 is 0.636 bits per heavy atom. The fourth-order valence-electron chi connectivity index (χ4n) is 5.92. The fourth-order valence-corrected chi connectivity index (χ4v) is 5.92. The normalized spacial score (nSPS) is 14.0. The van der Waals surface area contributed by atoms with Crippen molar-refractivity contribution < 1.29 is 23.7 Å². The Morgan fingerprint density at radius 2 is 1.07 bits per heavy atom. The quantitative estimate of drug-likeness (QED) is 0.150. The number of hydrogen-bond donors (Lipinski definition) is 2. The third-order valence-electron chi connectivity index (χ3n) is 8.96. The van der Waals surface area contributed by atoms with Gasteiger partial charge in [0.1, 0.15) is 30.5 Å². The number of aromatic nitrogens is 4. The molecule has 294 valence electrons. The Morgan fingerprint density at radius 3 is 1.44 bits per heavy atom. The zero-order chi connectivity index (χ0) is 37.8. The summed E-state index contributed by atoms with van der Waals surface area (Å²) in [7, 11) is 0. The van der Waals surface area contributed by atoms with Crippen molar-refractivity contribution in [2.75, 3.05) is 52.7 Å². The van der Waals surface area contributed by atoms with Crippen molar-refractivity contribution in [3.05, 3.63) is 121 Å². The fraction of sp³-hybridized carbons (Fsp3) is 0.372. The molecule has 0 spiro atoms. The number of nitrogens with two attached hydrogens (primary N) is 2. The lowest BCUT2D eigenvalue weighted by atomic mass is 10.0. The van der Waals surface area contributed by atoms with E-state index in [2.05, 4.69) is 53.5 Å². The lowest BCUT2D eigenvalue weighted by molar-refractivity contribution is -0.124. The van der Waals surface area contributed by atoms with Gasteiger partial charge in [0.05, 0.1) is 60.5 Å². The van der Waals surface area contributed by atoms with Crippen molar-refractivity contribution in [3.63, 3.8) is 0 Å². The summed E-state index contributed by atoms with van der Waals surface area (Å²) >= 11 is 0. The van der Waals surface area contributed by atoms with E-state index < -0.39 is 0 Å². The van der Waals surface area contributed by atoms with Crippen LogP contribution >= 0.6 is 12.4 Å². The highest BCUT2D eigenvalue weighted by molar-refractivity contribution is 5.86. The summed E-state index contributed by atoms with van der Waals surface area (Å²) < 4.78 is 25.3. The molecule has 8 rings (SSSR count). The van der Waals surface area contributed by atoms with Gasteiger partial charge in [0, 0.05) is 39.1 Å². The van der Waals surface area contributed by atoms with Crippen LogP contribution in [0.4, 0.5) is 0 Å². The number of benzene rings is 4. The number of nitrogens with zero attached hydrogens (tertiary/aromatic N) is 4. The molecule has 55 heavy (non-hydrogen) atoms. The van der Waals surface area contributed by atoms with E-state index in [1.807, 2.05) is 82.4 Å². The maximum atomic E-state index is 10.4. The highest BCUT2D eigenvalue weighted by atomic mass is 35.5. The smallest absolute Gasteiger partial charge is 0.137 e. The first-order valence-corrected chi connectivity index (χ1v) is 18.9. The molecule has 0 radical (unpaired) electrons. The maximum absolute atomic E-state index is 10.4. The van der Waals surface area contributed by atoms with E-state index in [4.69, 9.17) is 30.4 Å². The first kappa shape index (κ1) is 43.0. The molecule has 0 atom stereocenters. The van der Waals surface area contributed by atoms with E-state index in [9.17, 15) is 4.79 Å². The molecule has 12 heteroatoms. The van der Waals surface area contributed by atoms with Gasteiger partial charge >= 0.3 is 0 Å². The van der Waals surface area contributed by atoms with Crippen LogP contribution in [-0.4, -0.2) is 78.1 Å². The largest absolute Gasteiger partial charge is 0.492 e. The van der Waals surface area contributed by atoms with Crippen LogP contribution in [0.25, 0.3) is 21.8 Å². The van der Waals surface area contributed by atoms with E-state index in [1.165, 1.54) is 24.0 Å². The molecule has 0 amide bonds. The summed E-state index contributed by atoms with van der Waals surface area (Å²) in [4.78, 5) is 10.4. The Kier molecular flexibility index (Phi) is 18.7. The van der Waals surface area contributed by atoms with E-state index in [0.29, 0.717) is 58.1 Å². The number of halogens is 1. The predicted molar refractivity (Wildman–Crippen MR) is 221 cm³/mol. The highest BCUT2D eigenvalue weighted by Gasteiger charge is 2.10. The lowest BCUT2D eigenvalue weighted by Gasteiger charge is -2.16. The summed E-state index contributed by atoms with van der Waals surface area (Å²) in [5.74, 6) is 2.93. The molecule has 2 fully saturated rings. The molecule has 2 aromatic heterocycles. The minimum absolute atomic E-state index is 0. The van der Waals surface area contributed by atoms with Crippen LogP contribution in [0.5, 0.6) is 11.5 Å². The van der Waals surface area contributed by atoms with Gasteiger partial charge < -0.3 is 30.4 Å². The van der Waals surface area contributed by atoms with E-state index in [1.54, 1.807) is 0 Å². The molecular formula is C43H55ClN6O5. The van der Waals surface area contributed by atoms with Crippen LogP contribution in [0.15, 0.2) is 109 Å². The van der Waals surface area contributed by atoms with Crippen molar-refractivity contribution in [2.45, 2.75) is 45.7 Å². The topological polar surface area (TPSA) is 142 Å². The summed E-state index contributed by atoms with van der Waals surface area (Å²) in [5, 5.41) is 11.0. The molecule has 11 nitrogen and oxygen atoms in total. The molecule has 4 N–H and O–H groups in total. The average Bonchev–Trinajstić information content (AvgIpc) is 3.83. The SMILES string of the molecule is CC1CCOCC1.Cl.NCCOc1cccc2c1cnn2Cc1ccccc1.NCCOc1cccc2c1cnn2Cc1ccccc1.O=C1CCOCC1. The van der Waals surface area contributed by atoms with Crippen molar-refractivity contribution in [1.29, 1.82) is 0 Å². The van der Waals surface area contributed by atoms with Crippen molar-refractivity contribution >= 4 is 40.0 Å². The van der Waals surface area contributed by atoms with Gasteiger partial charge in [0.25, 0.3) is 0 Å². The molecule has 4 heterocycles. The zero-order valence-electron chi connectivity index (χ0n) is 31.8. The maximum Gasteiger partial charge on any atom is 0.137 e. The molecule has 2 aliphatic heterocycles. The van der Waals surface area contributed by atoms with Crippen molar-refractivity contribution in [3.8, 4) is 11.5 Å². The summed E-state index contributed by atoms with van der Waals surface area (Å²) in [6.07, 6.45) is 7.48. The van der Waals surface area contributed by atoms with Crippen LogP contribution in [0.2, 0.25) is 0 Å². The predicted octanol–water partition coefficient (Wildman–Crippen LogP) is 7.06. The van der Waals surface area contributed by atoms with Gasteiger partial charge in [-0.25, -0.2) is 0 Å². The van der Waals surface area contributed by atoms with Gasteiger partial charge in [0.15, 0.2) is 0 Å². The Labute approximate surface area is 330 Å². The van der Waals surface area contributed by atoms with Crippen molar-refractivity contribution in [1.82, 2.24) is 19.6 Å². The molecule has 6 aromatic rings. The van der Waals surface area contributed by atoms with Crippen LogP contribution in [0, 0.1) is 5.92 Å². The number of Topliss-reactive ketones (excluding diaryl/α,β-unsaturated/α-hetero) is 1. The summed E-state index contributed by atoms with van der Waals surface area (Å²) in [6, 6.07) is 32.6. The molecular weight excluding hydrogens is 716 g/mol. The Hall–Kier alpha value is -4.78. The first-order valence-electron chi connectivity index (χ1n) is 18.9. The van der Waals surface area contributed by atoms with Gasteiger partial charge in [-0.1, -0.05) is 79.7 Å². The highest BCUT2D eigenvalue weighted by Crippen LogP contribution is 2.27. The zero-order valence-corrected chi connectivity index (χ0v) is 32.6. The van der Waals surface area contributed by atoms with E-state index in [0.717, 1.165) is 65.5 Å².